The molecule has 1 saturated carbocycles. The third kappa shape index (κ3) is 4.56. The summed E-state index contributed by atoms with van der Waals surface area (Å²) < 4.78 is 7.67. The van der Waals surface area contributed by atoms with Gasteiger partial charge in [0.05, 0.1) is 12.3 Å². The summed E-state index contributed by atoms with van der Waals surface area (Å²) in [6.45, 7) is 2.37. The van der Waals surface area contributed by atoms with E-state index in [1.807, 2.05) is 0 Å². The molecule has 4 rings (SSSR count). The van der Waals surface area contributed by atoms with E-state index in [4.69, 9.17) is 10.5 Å². The molecule has 29 heavy (non-hydrogen) atoms. The van der Waals surface area contributed by atoms with E-state index in [-0.39, 0.29) is 23.2 Å². The monoisotopic (exact) mass is 398 g/mol. The quantitative estimate of drug-likeness (QED) is 0.715. The molecule has 1 aromatic carbocycles. The minimum Gasteiger partial charge on any atom is -0.507 e. The van der Waals surface area contributed by atoms with Crippen LogP contribution in [0.2, 0.25) is 0 Å². The minimum atomic E-state index is -0.286. The second-order valence-electron chi connectivity index (χ2n) is 8.22. The smallest absolute Gasteiger partial charge is 0.293 e. The predicted octanol–water partition coefficient (Wildman–Crippen LogP) is 3.08. The molecular formula is C22H30N4O3. The highest BCUT2D eigenvalue weighted by atomic mass is 16.5. The lowest BCUT2D eigenvalue weighted by molar-refractivity contribution is 0.209. The van der Waals surface area contributed by atoms with Crippen LogP contribution in [0.5, 0.6) is 11.5 Å². The Hall–Kier alpha value is -2.54. The van der Waals surface area contributed by atoms with Gasteiger partial charge in [0.1, 0.15) is 11.5 Å². The average molecular weight is 399 g/mol. The molecule has 7 heteroatoms. The molecule has 1 aliphatic carbocycles. The number of nitrogens with zero attached hydrogens (tertiary/aromatic N) is 2. The number of anilines is 1. The van der Waals surface area contributed by atoms with Crippen molar-refractivity contribution in [2.45, 2.75) is 51.0 Å². The predicted molar refractivity (Wildman–Crippen MR) is 113 cm³/mol. The van der Waals surface area contributed by atoms with Crippen LogP contribution in [-0.4, -0.2) is 34.4 Å². The van der Waals surface area contributed by atoms with Gasteiger partial charge in [-0.05, 0) is 56.3 Å². The van der Waals surface area contributed by atoms with E-state index >= 15 is 0 Å². The van der Waals surface area contributed by atoms with Crippen molar-refractivity contribution < 1.29 is 9.84 Å². The second-order valence-corrected chi connectivity index (χ2v) is 8.22. The molecule has 0 amide bonds. The van der Waals surface area contributed by atoms with Crippen molar-refractivity contribution in [3.63, 3.8) is 0 Å². The molecule has 1 unspecified atom stereocenters. The van der Waals surface area contributed by atoms with E-state index < -0.39 is 0 Å². The van der Waals surface area contributed by atoms with Crippen molar-refractivity contribution in [2.75, 3.05) is 25.4 Å². The lowest BCUT2D eigenvalue weighted by Gasteiger charge is -2.25. The highest BCUT2D eigenvalue weighted by molar-refractivity contribution is 5.68. The normalized spacial score (nSPS) is 20.5. The molecule has 4 N–H and O–H groups in total. The van der Waals surface area contributed by atoms with E-state index in [0.717, 1.165) is 25.9 Å². The summed E-state index contributed by atoms with van der Waals surface area (Å²) in [6, 6.07) is 5.20. The summed E-state index contributed by atoms with van der Waals surface area (Å²) in [6.07, 6.45) is 9.91. The third-order valence-electron chi connectivity index (χ3n) is 6.07. The fraction of sp³-hybridized carbons (Fsp3) is 0.545. The van der Waals surface area contributed by atoms with Gasteiger partial charge in [-0.15, -0.1) is 0 Å². The van der Waals surface area contributed by atoms with Gasteiger partial charge in [-0.2, -0.15) is 0 Å². The Labute approximate surface area is 170 Å². The SMILES string of the molecule is Nc1nc(-c2cc(OCC3CCCCC3)ccc2O)cn(C2CCCNC2)c1=O. The van der Waals surface area contributed by atoms with Crippen LogP contribution in [0.4, 0.5) is 5.82 Å². The molecule has 2 aromatic rings. The maximum Gasteiger partial charge on any atom is 0.293 e. The Morgan fingerprint density at radius 1 is 1.21 bits per heavy atom. The van der Waals surface area contributed by atoms with Crippen LogP contribution in [0.15, 0.2) is 29.2 Å². The third-order valence-corrected chi connectivity index (χ3v) is 6.07. The van der Waals surface area contributed by atoms with Crippen LogP contribution < -0.4 is 21.3 Å². The maximum absolute atomic E-state index is 12.5. The van der Waals surface area contributed by atoms with Crippen LogP contribution in [0.1, 0.15) is 51.0 Å². The van der Waals surface area contributed by atoms with E-state index in [0.29, 0.717) is 29.5 Å². The number of nitrogens with two attached hydrogens (primary N) is 1. The summed E-state index contributed by atoms with van der Waals surface area (Å²) in [7, 11) is 0. The van der Waals surface area contributed by atoms with E-state index in [2.05, 4.69) is 10.3 Å². The zero-order valence-electron chi connectivity index (χ0n) is 16.8. The van der Waals surface area contributed by atoms with Crippen LogP contribution in [0, 0.1) is 5.92 Å². The van der Waals surface area contributed by atoms with Crippen molar-refractivity contribution in [2.24, 2.45) is 5.92 Å². The Kier molecular flexibility index (Phi) is 6.04. The highest BCUT2D eigenvalue weighted by Crippen LogP contribution is 2.33. The Morgan fingerprint density at radius 2 is 2.03 bits per heavy atom. The van der Waals surface area contributed by atoms with Crippen LogP contribution in [0.25, 0.3) is 11.3 Å². The molecule has 2 fully saturated rings. The number of phenolic OH excluding ortho intramolecular Hbond substituents is 1. The maximum atomic E-state index is 12.5. The second kappa shape index (κ2) is 8.86. The number of ether oxygens (including phenoxy) is 1. The van der Waals surface area contributed by atoms with Crippen molar-refractivity contribution in [3.05, 3.63) is 34.7 Å². The molecule has 7 nitrogen and oxygen atoms in total. The number of aromatic hydroxyl groups is 1. The molecule has 2 heterocycles. The molecule has 156 valence electrons. The van der Waals surface area contributed by atoms with Crippen LogP contribution >= 0.6 is 0 Å². The Bertz CT molecular complexity index is 899. The van der Waals surface area contributed by atoms with Crippen molar-refractivity contribution in [3.8, 4) is 22.8 Å². The Morgan fingerprint density at radius 3 is 2.79 bits per heavy atom. The highest BCUT2D eigenvalue weighted by Gasteiger charge is 2.20. The van der Waals surface area contributed by atoms with Gasteiger partial charge < -0.3 is 25.5 Å². The fourth-order valence-electron chi connectivity index (χ4n) is 4.38. The van der Waals surface area contributed by atoms with E-state index in [1.54, 1.807) is 29.0 Å². The molecule has 1 saturated heterocycles. The van der Waals surface area contributed by atoms with Gasteiger partial charge in [0.2, 0.25) is 0 Å². The minimum absolute atomic E-state index is 0.0353. The van der Waals surface area contributed by atoms with Crippen molar-refractivity contribution in [1.29, 1.82) is 0 Å². The molecule has 0 bridgehead atoms. The van der Waals surface area contributed by atoms with Crippen molar-refractivity contribution in [1.82, 2.24) is 14.9 Å². The zero-order valence-corrected chi connectivity index (χ0v) is 16.8. The molecule has 1 atom stereocenters. The Balaban J connectivity index is 1.59. The number of rotatable bonds is 5. The summed E-state index contributed by atoms with van der Waals surface area (Å²) in [4.78, 5) is 16.8. The van der Waals surface area contributed by atoms with Crippen LogP contribution in [-0.2, 0) is 0 Å². The number of phenols is 1. The fourth-order valence-corrected chi connectivity index (χ4v) is 4.38. The van der Waals surface area contributed by atoms with Gasteiger partial charge in [0.25, 0.3) is 5.56 Å². The van der Waals surface area contributed by atoms with Gasteiger partial charge in [-0.25, -0.2) is 4.98 Å². The van der Waals surface area contributed by atoms with Gasteiger partial charge in [-0.3, -0.25) is 4.79 Å². The first kappa shape index (κ1) is 19.8. The first-order chi connectivity index (χ1) is 14.1. The molecule has 0 spiro atoms. The average Bonchev–Trinajstić information content (AvgIpc) is 2.76. The van der Waals surface area contributed by atoms with E-state index in [1.165, 1.54) is 32.1 Å². The van der Waals surface area contributed by atoms with Gasteiger partial charge in [0.15, 0.2) is 5.82 Å². The van der Waals surface area contributed by atoms with Gasteiger partial charge in [-0.1, -0.05) is 19.3 Å². The molecule has 2 aliphatic rings. The largest absolute Gasteiger partial charge is 0.507 e. The number of aromatic nitrogens is 2. The summed E-state index contributed by atoms with van der Waals surface area (Å²) in [5.41, 5.74) is 6.65. The molecule has 1 aliphatic heterocycles. The van der Waals surface area contributed by atoms with Crippen molar-refractivity contribution >= 4 is 5.82 Å². The topological polar surface area (TPSA) is 102 Å². The van der Waals surface area contributed by atoms with Crippen LogP contribution in [0.3, 0.4) is 0 Å². The van der Waals surface area contributed by atoms with E-state index in [9.17, 15) is 9.90 Å². The number of nitrogens with one attached hydrogen (secondary N) is 1. The van der Waals surface area contributed by atoms with Gasteiger partial charge >= 0.3 is 0 Å². The number of benzene rings is 1. The zero-order chi connectivity index (χ0) is 20.2. The number of hydrogen-bond acceptors (Lipinski definition) is 6. The molecule has 1 aromatic heterocycles. The molecule has 0 radical (unpaired) electrons. The lowest BCUT2D eigenvalue weighted by atomic mass is 9.90. The number of piperidine rings is 1. The first-order valence-corrected chi connectivity index (χ1v) is 10.7. The summed E-state index contributed by atoms with van der Waals surface area (Å²) in [5.74, 6) is 1.33. The summed E-state index contributed by atoms with van der Waals surface area (Å²) >= 11 is 0. The summed E-state index contributed by atoms with van der Waals surface area (Å²) in [5, 5.41) is 13.7. The number of nitrogen functional groups attached to an aromatic ring is 1. The lowest BCUT2D eigenvalue weighted by Crippen LogP contribution is -2.37. The van der Waals surface area contributed by atoms with Gasteiger partial charge in [0, 0.05) is 24.3 Å². The molecular weight excluding hydrogens is 368 g/mol. The number of hydrogen-bond donors (Lipinski definition) is 3. The standard InChI is InChI=1S/C22H30N4O3/c23-21-22(28)26(16-7-4-10-24-12-16)13-19(25-21)18-11-17(8-9-20(18)27)29-14-15-5-2-1-3-6-15/h8-9,11,13,15-16,24,27H,1-7,10,12,14H2,(H2,23,25). The first-order valence-electron chi connectivity index (χ1n) is 10.7.